The fraction of sp³-hybridized carbons (Fsp3) is 0.194. The van der Waals surface area contributed by atoms with E-state index in [4.69, 9.17) is 26.8 Å². The molecule has 0 unspecified atom stereocenters. The van der Waals surface area contributed by atoms with Gasteiger partial charge in [0.1, 0.15) is 4.32 Å². The van der Waals surface area contributed by atoms with Crippen LogP contribution in [0, 0.1) is 0 Å². The van der Waals surface area contributed by atoms with Gasteiger partial charge in [0.15, 0.2) is 11.5 Å². The van der Waals surface area contributed by atoms with Crippen LogP contribution in [0.1, 0.15) is 18.1 Å². The summed E-state index contributed by atoms with van der Waals surface area (Å²) in [5, 5.41) is 4.91. The molecule has 1 saturated heterocycles. The van der Waals surface area contributed by atoms with Crippen molar-refractivity contribution in [1.82, 2.24) is 14.7 Å². The minimum absolute atomic E-state index is 0.0939. The standard InChI is InChI=1S/C31H29N3O3S3/c1-4-39-25-13-11-22(12-14-25)29-23(20-34(32-29)24-8-6-5-7-9-24)19-28-30(35)33(31(38)40-28)17-16-21-10-15-26(36-2)27(18-21)37-3/h5-15,18-20H,4,16-17H2,1-3H3. The molecule has 1 aliphatic rings. The minimum atomic E-state index is -0.0939. The largest absolute Gasteiger partial charge is 0.493 e. The lowest BCUT2D eigenvalue weighted by Crippen LogP contribution is -2.30. The van der Waals surface area contributed by atoms with Gasteiger partial charge in [-0.3, -0.25) is 9.69 Å². The first-order valence-electron chi connectivity index (χ1n) is 12.8. The molecule has 5 rings (SSSR count). The third kappa shape index (κ3) is 6.11. The summed E-state index contributed by atoms with van der Waals surface area (Å²) >= 11 is 8.75. The number of thiocarbonyl (C=S) groups is 1. The van der Waals surface area contributed by atoms with Gasteiger partial charge in [-0.2, -0.15) is 5.10 Å². The molecule has 204 valence electrons. The molecule has 2 heterocycles. The van der Waals surface area contributed by atoms with Crippen molar-refractivity contribution in [2.24, 2.45) is 0 Å². The zero-order valence-corrected chi connectivity index (χ0v) is 24.9. The first kappa shape index (κ1) is 28.0. The molecule has 3 aromatic carbocycles. The maximum atomic E-state index is 13.5. The van der Waals surface area contributed by atoms with E-state index in [0.29, 0.717) is 33.7 Å². The number of aromatic nitrogens is 2. The lowest BCUT2D eigenvalue weighted by molar-refractivity contribution is -0.122. The number of nitrogens with zero attached hydrogens (tertiary/aromatic N) is 3. The van der Waals surface area contributed by atoms with E-state index >= 15 is 0 Å². The van der Waals surface area contributed by atoms with Crippen LogP contribution < -0.4 is 9.47 Å². The van der Waals surface area contributed by atoms with Crippen LogP contribution in [0.5, 0.6) is 11.5 Å². The van der Waals surface area contributed by atoms with Gasteiger partial charge in [0.25, 0.3) is 5.91 Å². The Morgan fingerprint density at radius 2 is 1.75 bits per heavy atom. The number of ether oxygens (including phenoxy) is 2. The normalized spacial score (nSPS) is 14.3. The second kappa shape index (κ2) is 12.8. The van der Waals surface area contributed by atoms with Crippen LogP contribution in [-0.2, 0) is 11.2 Å². The van der Waals surface area contributed by atoms with Crippen LogP contribution in [0.25, 0.3) is 23.0 Å². The third-order valence-corrected chi connectivity index (χ3v) is 8.71. The number of carbonyl (C=O) groups excluding carboxylic acids is 1. The molecule has 0 saturated carbocycles. The van der Waals surface area contributed by atoms with Gasteiger partial charge >= 0.3 is 0 Å². The van der Waals surface area contributed by atoms with Crippen LogP contribution in [0.2, 0.25) is 0 Å². The van der Waals surface area contributed by atoms with Crippen molar-refractivity contribution in [2.45, 2.75) is 18.2 Å². The second-order valence-corrected chi connectivity index (χ2v) is 12.0. The fourth-order valence-electron chi connectivity index (χ4n) is 4.42. The first-order chi connectivity index (χ1) is 19.5. The summed E-state index contributed by atoms with van der Waals surface area (Å²) in [6.45, 7) is 2.62. The number of hydrogen-bond donors (Lipinski definition) is 0. The van der Waals surface area contributed by atoms with Crippen molar-refractivity contribution in [2.75, 3.05) is 26.5 Å². The Morgan fingerprint density at radius 1 is 1.00 bits per heavy atom. The highest BCUT2D eigenvalue weighted by Gasteiger charge is 2.32. The molecule has 0 radical (unpaired) electrons. The molecule has 0 atom stereocenters. The van der Waals surface area contributed by atoms with E-state index in [2.05, 4.69) is 31.2 Å². The highest BCUT2D eigenvalue weighted by atomic mass is 32.2. The summed E-state index contributed by atoms with van der Waals surface area (Å²) < 4.78 is 13.2. The Balaban J connectivity index is 1.42. The van der Waals surface area contributed by atoms with Crippen LogP contribution in [0.3, 0.4) is 0 Å². The molecular weight excluding hydrogens is 559 g/mol. The number of carbonyl (C=O) groups is 1. The van der Waals surface area contributed by atoms with E-state index in [1.165, 1.54) is 16.7 Å². The maximum absolute atomic E-state index is 13.5. The van der Waals surface area contributed by atoms with Gasteiger partial charge in [0.2, 0.25) is 0 Å². The Morgan fingerprint density at radius 3 is 2.45 bits per heavy atom. The molecule has 0 spiro atoms. The molecule has 1 aromatic heterocycles. The van der Waals surface area contributed by atoms with Crippen molar-refractivity contribution in [3.05, 3.63) is 95.0 Å². The van der Waals surface area contributed by atoms with E-state index in [9.17, 15) is 4.79 Å². The zero-order valence-electron chi connectivity index (χ0n) is 22.5. The van der Waals surface area contributed by atoms with Gasteiger partial charge in [-0.05, 0) is 60.2 Å². The predicted molar refractivity (Wildman–Crippen MR) is 169 cm³/mol. The maximum Gasteiger partial charge on any atom is 0.266 e. The number of para-hydroxylation sites is 1. The third-order valence-electron chi connectivity index (χ3n) is 6.43. The average molecular weight is 588 g/mol. The summed E-state index contributed by atoms with van der Waals surface area (Å²) in [5.41, 5.74) is 4.65. The molecule has 6 nitrogen and oxygen atoms in total. The molecule has 1 amide bonds. The zero-order chi connectivity index (χ0) is 28.1. The van der Waals surface area contributed by atoms with E-state index in [1.807, 2.05) is 65.5 Å². The molecular formula is C31H29N3O3S3. The van der Waals surface area contributed by atoms with Crippen LogP contribution in [-0.4, -0.2) is 51.4 Å². The second-order valence-electron chi connectivity index (χ2n) is 8.94. The van der Waals surface area contributed by atoms with E-state index in [0.717, 1.165) is 33.8 Å². The Labute approximate surface area is 248 Å². The quantitative estimate of drug-likeness (QED) is 0.111. The Bertz CT molecular complexity index is 1550. The van der Waals surface area contributed by atoms with Gasteiger partial charge in [-0.1, -0.05) is 67.3 Å². The smallest absolute Gasteiger partial charge is 0.266 e. The monoisotopic (exact) mass is 587 g/mol. The Kier molecular flexibility index (Phi) is 8.94. The predicted octanol–water partition coefficient (Wildman–Crippen LogP) is 7.11. The number of thioether (sulfide) groups is 2. The SMILES string of the molecule is CCSc1ccc(-c2nn(-c3ccccc3)cc2C=C2SC(=S)N(CCc3ccc(OC)c(OC)c3)C2=O)cc1. The van der Waals surface area contributed by atoms with Crippen molar-refractivity contribution >= 4 is 52.0 Å². The van der Waals surface area contributed by atoms with Gasteiger partial charge in [-0.25, -0.2) is 4.68 Å². The lowest BCUT2D eigenvalue weighted by atomic mass is 10.1. The molecule has 4 aromatic rings. The van der Waals surface area contributed by atoms with E-state index < -0.39 is 0 Å². The van der Waals surface area contributed by atoms with E-state index in [1.54, 1.807) is 30.9 Å². The molecule has 0 aliphatic carbocycles. The number of hydrogen-bond acceptors (Lipinski definition) is 7. The topological polar surface area (TPSA) is 56.6 Å². The molecule has 0 N–H and O–H groups in total. The molecule has 40 heavy (non-hydrogen) atoms. The minimum Gasteiger partial charge on any atom is -0.493 e. The van der Waals surface area contributed by atoms with Crippen molar-refractivity contribution in [3.63, 3.8) is 0 Å². The first-order valence-corrected chi connectivity index (χ1v) is 15.1. The van der Waals surface area contributed by atoms with Crippen LogP contribution in [0.15, 0.2) is 88.8 Å². The number of methoxy groups -OCH3 is 2. The Hall–Kier alpha value is -3.53. The van der Waals surface area contributed by atoms with Crippen LogP contribution >= 0.6 is 35.7 Å². The summed E-state index contributed by atoms with van der Waals surface area (Å²) in [6, 6.07) is 24.1. The molecule has 1 aliphatic heterocycles. The van der Waals surface area contributed by atoms with Crippen molar-refractivity contribution in [1.29, 1.82) is 0 Å². The summed E-state index contributed by atoms with van der Waals surface area (Å²) in [7, 11) is 3.22. The lowest BCUT2D eigenvalue weighted by Gasteiger charge is -2.15. The van der Waals surface area contributed by atoms with Gasteiger partial charge < -0.3 is 9.47 Å². The van der Waals surface area contributed by atoms with Gasteiger partial charge in [-0.15, -0.1) is 11.8 Å². The molecule has 9 heteroatoms. The molecule has 0 bridgehead atoms. The number of benzene rings is 3. The molecule has 1 fully saturated rings. The van der Waals surface area contributed by atoms with Gasteiger partial charge in [0.05, 0.1) is 30.5 Å². The highest BCUT2D eigenvalue weighted by Crippen LogP contribution is 2.36. The summed E-state index contributed by atoms with van der Waals surface area (Å²) in [5.74, 6) is 2.25. The van der Waals surface area contributed by atoms with Crippen LogP contribution in [0.4, 0.5) is 0 Å². The van der Waals surface area contributed by atoms with Gasteiger partial charge in [0, 0.05) is 28.8 Å². The average Bonchev–Trinajstić information content (AvgIpc) is 3.52. The number of amides is 1. The van der Waals surface area contributed by atoms with E-state index in [-0.39, 0.29) is 5.91 Å². The summed E-state index contributed by atoms with van der Waals surface area (Å²) in [6.07, 6.45) is 4.52. The highest BCUT2D eigenvalue weighted by molar-refractivity contribution is 8.26. The number of rotatable bonds is 10. The summed E-state index contributed by atoms with van der Waals surface area (Å²) in [4.78, 5) is 16.9. The fourth-order valence-corrected chi connectivity index (χ4v) is 6.38. The van der Waals surface area contributed by atoms with Crippen molar-refractivity contribution in [3.8, 4) is 28.4 Å². The van der Waals surface area contributed by atoms with Crippen molar-refractivity contribution < 1.29 is 14.3 Å².